The van der Waals surface area contributed by atoms with E-state index in [9.17, 15) is 0 Å². The minimum Gasteiger partial charge on any atom is -1.00 e. The fourth-order valence-electron chi connectivity index (χ4n) is 2.00. The Balaban J connectivity index is 0.00000180. The second-order valence-electron chi connectivity index (χ2n) is 4.16. The maximum Gasteiger partial charge on any atom is 0.231 e. The Kier molecular flexibility index (Phi) is 4.73. The molecular formula is C15H18ClNO. The van der Waals surface area contributed by atoms with Crippen molar-refractivity contribution in [3.63, 3.8) is 0 Å². The largest absolute Gasteiger partial charge is 1.00 e. The van der Waals surface area contributed by atoms with Crippen molar-refractivity contribution in [1.29, 1.82) is 0 Å². The van der Waals surface area contributed by atoms with Gasteiger partial charge >= 0.3 is 0 Å². The second kappa shape index (κ2) is 6.53. The fraction of sp³-hybridized carbons (Fsp3) is 0.267. The summed E-state index contributed by atoms with van der Waals surface area (Å²) < 4.78 is 13.1. The topological polar surface area (TPSA) is 12.5 Å². The van der Waals surface area contributed by atoms with Gasteiger partial charge in [0.15, 0.2) is 0 Å². The molecule has 0 fully saturated rings. The van der Waals surface area contributed by atoms with E-state index in [1.165, 1.54) is 0 Å². The molecule has 1 atom stereocenters. The maximum absolute atomic E-state index is 8.13. The van der Waals surface area contributed by atoms with Gasteiger partial charge in [-0.05, 0) is 11.5 Å². The van der Waals surface area contributed by atoms with Crippen LogP contribution in [0.4, 0.5) is 5.69 Å². The summed E-state index contributed by atoms with van der Waals surface area (Å²) >= 11 is 0. The normalized spacial score (nSPS) is 12.5. The van der Waals surface area contributed by atoms with Gasteiger partial charge in [-0.15, -0.1) is 0 Å². The standard InChI is InChI=1S/C15H18NO.ClH/c1-16(2)14-9-5-8-12-6-4-7-13(15(12)14)10-11-17-3;/h4-9,11H,10H2,1-3H3;1H/q+1;/p-1/i10D;. The molecule has 0 saturated carbocycles. The minimum absolute atomic E-state index is 0. The Bertz CT molecular complexity index is 539. The molecule has 0 heterocycles. The van der Waals surface area contributed by atoms with Crippen molar-refractivity contribution in [2.24, 2.45) is 0 Å². The van der Waals surface area contributed by atoms with Crippen LogP contribution >= 0.6 is 0 Å². The molecule has 2 nitrogen and oxygen atoms in total. The lowest BCUT2D eigenvalue weighted by Gasteiger charge is -2.16. The summed E-state index contributed by atoms with van der Waals surface area (Å²) in [6, 6.07) is 12.2. The van der Waals surface area contributed by atoms with Gasteiger partial charge in [-0.3, -0.25) is 0 Å². The molecule has 0 aliphatic rings. The molecule has 0 aliphatic carbocycles. The molecule has 0 N–H and O–H groups in total. The molecule has 3 heteroatoms. The molecule has 18 heavy (non-hydrogen) atoms. The van der Waals surface area contributed by atoms with E-state index >= 15 is 0 Å². The zero-order valence-corrected chi connectivity index (χ0v) is 11.6. The quantitative estimate of drug-likeness (QED) is 0.735. The first-order valence-corrected chi connectivity index (χ1v) is 5.62. The highest BCUT2D eigenvalue weighted by Gasteiger charge is 2.10. The van der Waals surface area contributed by atoms with Crippen molar-refractivity contribution in [2.45, 2.75) is 6.40 Å². The molecular weight excluding hydrogens is 246 g/mol. The molecule has 2 rings (SSSR count). The lowest BCUT2D eigenvalue weighted by Crippen LogP contribution is -3.00. The Morgan fingerprint density at radius 1 is 1.22 bits per heavy atom. The van der Waals surface area contributed by atoms with Crippen molar-refractivity contribution in [2.75, 3.05) is 26.1 Å². The Morgan fingerprint density at radius 3 is 2.50 bits per heavy atom. The lowest BCUT2D eigenvalue weighted by atomic mass is 10.0. The smallest absolute Gasteiger partial charge is 0.231 e. The van der Waals surface area contributed by atoms with E-state index in [4.69, 9.17) is 6.11 Å². The monoisotopic (exact) mass is 264 g/mol. The SMILES string of the molecule is [2H]C([CH+]OC)c1cccc2cccc(N(C)C)c12.[Cl-]. The number of rotatable bonds is 4. The third-order valence-corrected chi connectivity index (χ3v) is 2.78. The number of nitrogens with zero attached hydrogens (tertiary/aromatic N) is 1. The number of ether oxygens (including phenoxy) is 1. The van der Waals surface area contributed by atoms with Gasteiger partial charge in [-0.25, -0.2) is 0 Å². The fourth-order valence-corrected chi connectivity index (χ4v) is 2.00. The molecule has 0 saturated heterocycles. The summed E-state index contributed by atoms with van der Waals surface area (Å²) in [5, 5.41) is 2.28. The summed E-state index contributed by atoms with van der Waals surface area (Å²) in [7, 11) is 5.62. The number of hydrogen-bond donors (Lipinski definition) is 0. The van der Waals surface area contributed by atoms with Gasteiger partial charge in [0.05, 0.1) is 8.48 Å². The van der Waals surface area contributed by atoms with E-state index in [-0.39, 0.29) is 12.4 Å². The molecule has 0 amide bonds. The minimum atomic E-state index is -0.472. The molecule has 0 spiro atoms. The van der Waals surface area contributed by atoms with Crippen LogP contribution < -0.4 is 17.3 Å². The second-order valence-corrected chi connectivity index (χ2v) is 4.16. The number of hydrogen-bond acceptors (Lipinski definition) is 2. The van der Waals surface area contributed by atoms with Gasteiger partial charge < -0.3 is 17.3 Å². The first-order valence-electron chi connectivity index (χ1n) is 6.20. The Morgan fingerprint density at radius 2 is 1.89 bits per heavy atom. The first kappa shape index (κ1) is 13.1. The maximum atomic E-state index is 8.13. The van der Waals surface area contributed by atoms with Gasteiger partial charge in [0.1, 0.15) is 6.40 Å². The van der Waals surface area contributed by atoms with E-state index < -0.39 is 6.40 Å². The van der Waals surface area contributed by atoms with Crippen LogP contribution in [0.2, 0.25) is 0 Å². The van der Waals surface area contributed by atoms with E-state index in [1.54, 1.807) is 13.7 Å². The molecule has 96 valence electrons. The molecule has 0 aliphatic heterocycles. The van der Waals surface area contributed by atoms with Crippen LogP contribution in [0.1, 0.15) is 6.93 Å². The van der Waals surface area contributed by atoms with Crippen molar-refractivity contribution in [3.05, 3.63) is 48.6 Å². The number of methoxy groups -OCH3 is 1. The predicted octanol–water partition coefficient (Wildman–Crippen LogP) is 0.260. The van der Waals surface area contributed by atoms with Gasteiger partial charge in [-0.2, -0.15) is 4.74 Å². The zero-order valence-electron chi connectivity index (χ0n) is 11.9. The zero-order chi connectivity index (χ0) is 13.1. The highest BCUT2D eigenvalue weighted by molar-refractivity contribution is 5.96. The number of benzene rings is 2. The Labute approximate surface area is 116 Å². The van der Waals surface area contributed by atoms with E-state index in [0.29, 0.717) is 0 Å². The predicted molar refractivity (Wildman–Crippen MR) is 73.3 cm³/mol. The van der Waals surface area contributed by atoms with E-state index in [1.807, 2.05) is 32.3 Å². The van der Waals surface area contributed by atoms with Crippen LogP contribution in [-0.2, 0) is 11.1 Å². The van der Waals surface area contributed by atoms with Crippen molar-refractivity contribution < 1.29 is 18.5 Å². The summed E-state index contributed by atoms with van der Waals surface area (Å²) in [6.45, 7) is 1.54. The molecule has 0 radical (unpaired) electrons. The van der Waals surface area contributed by atoms with E-state index in [0.717, 1.165) is 22.0 Å². The van der Waals surface area contributed by atoms with Crippen LogP contribution in [0.25, 0.3) is 10.8 Å². The van der Waals surface area contributed by atoms with Gasteiger partial charge in [-0.1, -0.05) is 30.3 Å². The summed E-state index contributed by atoms with van der Waals surface area (Å²) in [5.74, 6) is 0. The van der Waals surface area contributed by atoms with Crippen molar-refractivity contribution in [3.8, 4) is 0 Å². The van der Waals surface area contributed by atoms with Crippen LogP contribution in [0.15, 0.2) is 36.4 Å². The van der Waals surface area contributed by atoms with E-state index in [2.05, 4.69) is 23.1 Å². The van der Waals surface area contributed by atoms with Gasteiger partial charge in [0.2, 0.25) is 6.61 Å². The molecule has 0 aromatic heterocycles. The number of halogens is 1. The molecule has 2 aromatic rings. The Hall–Kier alpha value is -1.38. The highest BCUT2D eigenvalue weighted by Crippen LogP contribution is 2.29. The van der Waals surface area contributed by atoms with Crippen LogP contribution in [0.3, 0.4) is 0 Å². The number of fused-ring (bicyclic) bond motifs is 1. The molecule has 0 bridgehead atoms. The summed E-state index contributed by atoms with van der Waals surface area (Å²) in [6.07, 6.45) is -0.472. The van der Waals surface area contributed by atoms with Crippen molar-refractivity contribution in [1.82, 2.24) is 0 Å². The third kappa shape index (κ3) is 2.89. The first-order chi connectivity index (χ1) is 8.65. The number of anilines is 1. The van der Waals surface area contributed by atoms with Crippen LogP contribution in [-0.4, -0.2) is 21.2 Å². The lowest BCUT2D eigenvalue weighted by molar-refractivity contribution is -0.00000386. The summed E-state index contributed by atoms with van der Waals surface area (Å²) in [4.78, 5) is 2.07. The summed E-state index contributed by atoms with van der Waals surface area (Å²) in [5.41, 5.74) is 2.10. The highest BCUT2D eigenvalue weighted by atomic mass is 35.5. The molecule has 1 unspecified atom stereocenters. The van der Waals surface area contributed by atoms with Crippen molar-refractivity contribution >= 4 is 16.5 Å². The van der Waals surface area contributed by atoms with Gasteiger partial charge in [0, 0.05) is 30.7 Å². The molecule has 2 aromatic carbocycles. The van der Waals surface area contributed by atoms with Gasteiger partial charge in [0.25, 0.3) is 0 Å². The average molecular weight is 265 g/mol. The van der Waals surface area contributed by atoms with Crippen LogP contribution in [0, 0.1) is 6.61 Å². The average Bonchev–Trinajstić information content (AvgIpc) is 2.37. The van der Waals surface area contributed by atoms with Crippen LogP contribution in [0.5, 0.6) is 0 Å². The third-order valence-electron chi connectivity index (χ3n) is 2.78.